The Morgan fingerprint density at radius 3 is 2.71 bits per heavy atom. The Balaban J connectivity index is 1.55. The fraction of sp³-hybridized carbons (Fsp3) is 0.346. The Hall–Kier alpha value is -3.01. The molecule has 8 nitrogen and oxygen atoms in total. The van der Waals surface area contributed by atoms with Gasteiger partial charge in [0.1, 0.15) is 11.3 Å². The molecule has 2 aliphatic rings. The van der Waals surface area contributed by atoms with E-state index < -0.39 is 17.7 Å². The van der Waals surface area contributed by atoms with Crippen LogP contribution in [0.2, 0.25) is 0 Å². The summed E-state index contributed by atoms with van der Waals surface area (Å²) in [5.41, 5.74) is 2.52. The molecule has 0 radical (unpaired) electrons. The normalized spacial score (nSPS) is 20.7. The number of hydrogen-bond acceptors (Lipinski definition) is 6. The van der Waals surface area contributed by atoms with E-state index in [4.69, 9.17) is 4.74 Å². The van der Waals surface area contributed by atoms with Crippen molar-refractivity contribution < 1.29 is 19.4 Å². The number of pyridine rings is 1. The van der Waals surface area contributed by atoms with E-state index in [0.29, 0.717) is 43.2 Å². The molecule has 182 valence electrons. The summed E-state index contributed by atoms with van der Waals surface area (Å²) in [6, 6.07) is 12.4. The van der Waals surface area contributed by atoms with E-state index in [1.807, 2.05) is 42.5 Å². The van der Waals surface area contributed by atoms with Crippen LogP contribution in [0.4, 0.5) is 0 Å². The molecular weight excluding hydrogens is 512 g/mol. The third kappa shape index (κ3) is 4.51. The SMILES string of the molecule is Cc1nc2ccccn2c1C(O)=C1C(=O)C(=O)N(CCCN2CCOCC2)[C@@H]1c1cccc(Br)c1. The Morgan fingerprint density at radius 2 is 1.94 bits per heavy atom. The third-order valence-electron chi connectivity index (χ3n) is 6.61. The number of aliphatic hydroxyl groups is 1. The molecule has 1 aromatic carbocycles. The van der Waals surface area contributed by atoms with Crippen LogP contribution in [0.25, 0.3) is 11.4 Å². The van der Waals surface area contributed by atoms with Crippen LogP contribution < -0.4 is 0 Å². The van der Waals surface area contributed by atoms with Gasteiger partial charge in [-0.15, -0.1) is 0 Å². The number of carbonyl (C=O) groups excluding carboxylic acids is 2. The van der Waals surface area contributed by atoms with Crippen molar-refractivity contribution in [3.05, 3.63) is 75.7 Å². The molecule has 9 heteroatoms. The number of aryl methyl sites for hydroxylation is 1. The molecule has 1 atom stereocenters. The second kappa shape index (κ2) is 9.93. The van der Waals surface area contributed by atoms with E-state index in [1.165, 1.54) is 0 Å². The lowest BCUT2D eigenvalue weighted by molar-refractivity contribution is -0.140. The molecule has 0 aliphatic carbocycles. The van der Waals surface area contributed by atoms with Crippen LogP contribution in [0, 0.1) is 6.92 Å². The van der Waals surface area contributed by atoms with Crippen LogP contribution in [0.3, 0.4) is 0 Å². The number of halogens is 1. The Labute approximate surface area is 211 Å². The summed E-state index contributed by atoms with van der Waals surface area (Å²) in [4.78, 5) is 35.0. The van der Waals surface area contributed by atoms with Gasteiger partial charge in [-0.1, -0.05) is 34.1 Å². The highest BCUT2D eigenvalue weighted by Crippen LogP contribution is 2.40. The molecule has 0 spiro atoms. The average Bonchev–Trinajstić information content (AvgIpc) is 3.32. The number of amides is 1. The fourth-order valence-corrected chi connectivity index (χ4v) is 5.37. The predicted octanol–water partition coefficient (Wildman–Crippen LogP) is 3.55. The smallest absolute Gasteiger partial charge is 0.295 e. The van der Waals surface area contributed by atoms with Crippen LogP contribution >= 0.6 is 15.9 Å². The van der Waals surface area contributed by atoms with Gasteiger partial charge in [0.2, 0.25) is 0 Å². The van der Waals surface area contributed by atoms with Crippen molar-refractivity contribution in [3.8, 4) is 0 Å². The molecule has 35 heavy (non-hydrogen) atoms. The lowest BCUT2D eigenvalue weighted by Crippen LogP contribution is -2.38. The summed E-state index contributed by atoms with van der Waals surface area (Å²) in [6.07, 6.45) is 2.50. The van der Waals surface area contributed by atoms with Gasteiger partial charge in [0, 0.05) is 36.8 Å². The first kappa shape index (κ1) is 23.7. The highest BCUT2D eigenvalue weighted by atomic mass is 79.9. The number of rotatable bonds is 6. The molecule has 3 aromatic rings. The molecule has 2 aliphatic heterocycles. The summed E-state index contributed by atoms with van der Waals surface area (Å²) in [6.45, 7) is 6.14. The Bertz CT molecular complexity index is 1310. The minimum Gasteiger partial charge on any atom is -0.505 e. The molecule has 2 fully saturated rings. The summed E-state index contributed by atoms with van der Waals surface area (Å²) in [7, 11) is 0. The topological polar surface area (TPSA) is 87.4 Å². The number of imidazole rings is 1. The minimum absolute atomic E-state index is 0.0909. The summed E-state index contributed by atoms with van der Waals surface area (Å²) in [5.74, 6) is -1.48. The maximum atomic E-state index is 13.4. The summed E-state index contributed by atoms with van der Waals surface area (Å²) < 4.78 is 7.99. The molecule has 2 aromatic heterocycles. The second-order valence-corrected chi connectivity index (χ2v) is 9.75. The van der Waals surface area contributed by atoms with Gasteiger partial charge in [0.05, 0.1) is 30.5 Å². The first-order chi connectivity index (χ1) is 17.0. The average molecular weight is 539 g/mol. The van der Waals surface area contributed by atoms with Crippen molar-refractivity contribution in [2.75, 3.05) is 39.4 Å². The van der Waals surface area contributed by atoms with Gasteiger partial charge in [0.25, 0.3) is 11.7 Å². The van der Waals surface area contributed by atoms with E-state index in [1.54, 1.807) is 22.4 Å². The highest BCUT2D eigenvalue weighted by molar-refractivity contribution is 9.10. The van der Waals surface area contributed by atoms with Gasteiger partial charge in [0.15, 0.2) is 5.76 Å². The number of carbonyl (C=O) groups is 2. The summed E-state index contributed by atoms with van der Waals surface area (Å²) >= 11 is 3.50. The number of ketones is 1. The van der Waals surface area contributed by atoms with Crippen LogP contribution in [0.5, 0.6) is 0 Å². The molecule has 4 heterocycles. The van der Waals surface area contributed by atoms with Crippen molar-refractivity contribution in [2.45, 2.75) is 19.4 Å². The van der Waals surface area contributed by atoms with Crippen molar-refractivity contribution in [1.29, 1.82) is 0 Å². The molecule has 0 bridgehead atoms. The molecule has 5 rings (SSSR count). The number of aromatic nitrogens is 2. The lowest BCUT2D eigenvalue weighted by Gasteiger charge is -2.29. The van der Waals surface area contributed by atoms with Crippen LogP contribution in [-0.4, -0.2) is 75.4 Å². The van der Waals surface area contributed by atoms with E-state index in [-0.39, 0.29) is 11.3 Å². The van der Waals surface area contributed by atoms with Gasteiger partial charge in [-0.05, 0) is 43.2 Å². The number of fused-ring (bicyclic) bond motifs is 1. The summed E-state index contributed by atoms with van der Waals surface area (Å²) in [5, 5.41) is 11.5. The third-order valence-corrected chi connectivity index (χ3v) is 7.10. The van der Waals surface area contributed by atoms with Crippen LogP contribution in [0.1, 0.15) is 29.4 Å². The molecule has 2 saturated heterocycles. The number of Topliss-reactive ketones (excluding diaryl/α,β-unsaturated/α-hetero) is 1. The van der Waals surface area contributed by atoms with Crippen molar-refractivity contribution in [2.24, 2.45) is 0 Å². The van der Waals surface area contributed by atoms with Gasteiger partial charge in [-0.2, -0.15) is 0 Å². The zero-order valence-corrected chi connectivity index (χ0v) is 21.1. The first-order valence-corrected chi connectivity index (χ1v) is 12.5. The van der Waals surface area contributed by atoms with Crippen LogP contribution in [0.15, 0.2) is 58.7 Å². The van der Waals surface area contributed by atoms with Gasteiger partial charge >= 0.3 is 0 Å². The number of aliphatic hydroxyl groups excluding tert-OH is 1. The number of ether oxygens (including phenoxy) is 1. The van der Waals surface area contributed by atoms with E-state index in [0.717, 1.165) is 29.7 Å². The second-order valence-electron chi connectivity index (χ2n) is 8.83. The molecule has 0 unspecified atom stereocenters. The Morgan fingerprint density at radius 1 is 1.14 bits per heavy atom. The number of benzene rings is 1. The molecule has 1 amide bonds. The molecule has 1 N–H and O–H groups in total. The Kier molecular flexibility index (Phi) is 6.73. The van der Waals surface area contributed by atoms with E-state index in [9.17, 15) is 14.7 Å². The standard InChI is InChI=1S/C26H27BrN4O4/c1-17-22(30-10-3-2-8-20(30)28-17)24(32)21-23(18-6-4-7-19(27)16-18)31(26(34)25(21)33)11-5-9-29-12-14-35-15-13-29/h2-4,6-8,10,16,23,32H,5,9,11-15H2,1H3/t23-/m1/s1. The quantitative estimate of drug-likeness (QED) is 0.293. The molecular formula is C26H27BrN4O4. The van der Waals surface area contributed by atoms with Crippen molar-refractivity contribution in [3.63, 3.8) is 0 Å². The number of hydrogen-bond donors (Lipinski definition) is 1. The van der Waals surface area contributed by atoms with E-state index >= 15 is 0 Å². The van der Waals surface area contributed by atoms with Gasteiger partial charge < -0.3 is 14.7 Å². The minimum atomic E-state index is -0.689. The van der Waals surface area contributed by atoms with Crippen molar-refractivity contribution >= 4 is 39.0 Å². The van der Waals surface area contributed by atoms with Gasteiger partial charge in [-0.3, -0.25) is 18.9 Å². The monoisotopic (exact) mass is 538 g/mol. The predicted molar refractivity (Wildman–Crippen MR) is 135 cm³/mol. The fourth-order valence-electron chi connectivity index (χ4n) is 4.95. The number of likely N-dealkylation sites (tertiary alicyclic amines) is 1. The lowest BCUT2D eigenvalue weighted by atomic mass is 9.96. The number of nitrogens with zero attached hydrogens (tertiary/aromatic N) is 4. The first-order valence-electron chi connectivity index (χ1n) is 11.7. The maximum absolute atomic E-state index is 13.4. The molecule has 0 saturated carbocycles. The zero-order valence-electron chi connectivity index (χ0n) is 19.5. The highest BCUT2D eigenvalue weighted by Gasteiger charge is 2.46. The number of morpholine rings is 1. The van der Waals surface area contributed by atoms with Crippen molar-refractivity contribution in [1.82, 2.24) is 19.2 Å². The zero-order chi connectivity index (χ0) is 24.5. The van der Waals surface area contributed by atoms with Crippen LogP contribution in [-0.2, 0) is 14.3 Å². The maximum Gasteiger partial charge on any atom is 0.295 e. The van der Waals surface area contributed by atoms with Gasteiger partial charge in [-0.25, -0.2) is 4.98 Å². The largest absolute Gasteiger partial charge is 0.505 e. The van der Waals surface area contributed by atoms with E-state index in [2.05, 4.69) is 25.8 Å².